The Morgan fingerprint density at radius 2 is 1.60 bits per heavy atom. The molecule has 0 aromatic heterocycles. The molecule has 4 bridgehead atoms. The summed E-state index contributed by atoms with van der Waals surface area (Å²) in [5, 5.41) is 0. The van der Waals surface area contributed by atoms with E-state index in [0.717, 1.165) is 29.4 Å². The zero-order valence-electron chi connectivity index (χ0n) is 15.9. The Balaban J connectivity index is 1.28. The lowest BCUT2D eigenvalue weighted by Crippen LogP contribution is -2.49. The van der Waals surface area contributed by atoms with Crippen LogP contribution in [0.2, 0.25) is 0 Å². The van der Waals surface area contributed by atoms with E-state index in [2.05, 4.69) is 51.1 Å². The van der Waals surface area contributed by atoms with Crippen LogP contribution in [0.1, 0.15) is 64.4 Å². The van der Waals surface area contributed by atoms with E-state index in [1.807, 2.05) is 0 Å². The molecular weight excluding hydrogens is 308 g/mol. The third kappa shape index (κ3) is 3.79. The fourth-order valence-corrected chi connectivity index (χ4v) is 5.79. The van der Waals surface area contributed by atoms with Crippen LogP contribution in [0.4, 0.5) is 0 Å². The number of allylic oxidation sites excluding steroid dienone is 2. The van der Waals surface area contributed by atoms with Crippen molar-refractivity contribution in [1.29, 1.82) is 0 Å². The lowest BCUT2D eigenvalue weighted by molar-refractivity contribution is -0.155. The van der Waals surface area contributed by atoms with Gasteiger partial charge in [0.05, 0.1) is 6.10 Å². The van der Waals surface area contributed by atoms with Crippen molar-refractivity contribution >= 4 is 0 Å². The van der Waals surface area contributed by atoms with E-state index < -0.39 is 0 Å². The summed E-state index contributed by atoms with van der Waals surface area (Å²) < 4.78 is 12.1. The molecule has 1 atom stereocenters. The van der Waals surface area contributed by atoms with E-state index in [-0.39, 0.29) is 0 Å². The number of hydrogen-bond acceptors (Lipinski definition) is 2. The van der Waals surface area contributed by atoms with E-state index >= 15 is 0 Å². The first kappa shape index (κ1) is 17.1. The van der Waals surface area contributed by atoms with Crippen LogP contribution in [0.15, 0.2) is 35.9 Å². The Kier molecular flexibility index (Phi) is 4.90. The number of ether oxygens (including phenoxy) is 2. The van der Waals surface area contributed by atoms with Crippen LogP contribution in [-0.4, -0.2) is 12.9 Å². The van der Waals surface area contributed by atoms with Gasteiger partial charge in [-0.3, -0.25) is 0 Å². The van der Waals surface area contributed by atoms with Crippen LogP contribution in [0.5, 0.6) is 5.75 Å². The Bertz CT molecular complexity index is 583. The Morgan fingerprint density at radius 3 is 2.16 bits per heavy atom. The second-order valence-electron chi connectivity index (χ2n) is 8.93. The summed E-state index contributed by atoms with van der Waals surface area (Å²) in [6, 6.07) is 8.49. The lowest BCUT2D eigenvalue weighted by Gasteiger charge is -2.53. The predicted molar refractivity (Wildman–Crippen MR) is 102 cm³/mol. The maximum absolute atomic E-state index is 6.22. The molecule has 1 aromatic rings. The average molecular weight is 341 g/mol. The highest BCUT2D eigenvalue weighted by Gasteiger charge is 2.48. The molecule has 0 N–H and O–H groups in total. The van der Waals surface area contributed by atoms with Crippen molar-refractivity contribution in [3.05, 3.63) is 41.5 Å². The standard InChI is InChI=1S/C23H32O2/c1-15(2)8-16(3)19-4-6-22(7-5-19)24-14-25-23-20-10-17-9-18(12-20)13-21(23)11-17/h4-8,16-18,20-21,23H,9-14H2,1-3H3. The zero-order chi connectivity index (χ0) is 17.4. The molecule has 2 heteroatoms. The van der Waals surface area contributed by atoms with Crippen LogP contribution in [0.3, 0.4) is 0 Å². The van der Waals surface area contributed by atoms with Crippen molar-refractivity contribution in [2.24, 2.45) is 23.7 Å². The van der Waals surface area contributed by atoms with Crippen molar-refractivity contribution in [3.63, 3.8) is 0 Å². The molecular formula is C23H32O2. The molecule has 4 saturated carbocycles. The fraction of sp³-hybridized carbons (Fsp3) is 0.652. The van der Waals surface area contributed by atoms with Gasteiger partial charge in [-0.1, -0.05) is 30.7 Å². The summed E-state index contributed by atoms with van der Waals surface area (Å²) in [4.78, 5) is 0. The highest BCUT2D eigenvalue weighted by molar-refractivity contribution is 5.31. The maximum atomic E-state index is 6.22. The molecule has 2 nitrogen and oxygen atoms in total. The van der Waals surface area contributed by atoms with Crippen LogP contribution >= 0.6 is 0 Å². The van der Waals surface area contributed by atoms with E-state index in [0.29, 0.717) is 18.8 Å². The predicted octanol–water partition coefficient (Wildman–Crippen LogP) is 5.93. The van der Waals surface area contributed by atoms with Gasteiger partial charge in [0, 0.05) is 0 Å². The molecule has 4 aliphatic rings. The second kappa shape index (κ2) is 7.15. The number of benzene rings is 1. The molecule has 1 unspecified atom stereocenters. The normalized spacial score (nSPS) is 34.0. The quantitative estimate of drug-likeness (QED) is 0.472. The lowest BCUT2D eigenvalue weighted by atomic mass is 9.55. The summed E-state index contributed by atoms with van der Waals surface area (Å²) in [5.74, 6) is 4.96. The van der Waals surface area contributed by atoms with Crippen LogP contribution in [-0.2, 0) is 4.74 Å². The highest BCUT2D eigenvalue weighted by atomic mass is 16.7. The van der Waals surface area contributed by atoms with Crippen LogP contribution < -0.4 is 4.74 Å². The van der Waals surface area contributed by atoms with Gasteiger partial charge in [-0.15, -0.1) is 0 Å². The van der Waals surface area contributed by atoms with E-state index in [1.54, 1.807) is 0 Å². The van der Waals surface area contributed by atoms with Gasteiger partial charge in [0.1, 0.15) is 5.75 Å². The molecule has 0 spiro atoms. The van der Waals surface area contributed by atoms with Gasteiger partial charge in [0.15, 0.2) is 6.79 Å². The SMILES string of the molecule is CC(C)=CC(C)c1ccc(OCOC2C3CC4CC(C3)CC2C4)cc1. The van der Waals surface area contributed by atoms with Crippen molar-refractivity contribution in [2.45, 2.75) is 64.9 Å². The summed E-state index contributed by atoms with van der Waals surface area (Å²) in [6.07, 6.45) is 9.83. The zero-order valence-corrected chi connectivity index (χ0v) is 15.9. The van der Waals surface area contributed by atoms with Gasteiger partial charge in [0.25, 0.3) is 0 Å². The van der Waals surface area contributed by atoms with Crippen molar-refractivity contribution in [1.82, 2.24) is 0 Å². The topological polar surface area (TPSA) is 18.5 Å². The van der Waals surface area contributed by atoms with Gasteiger partial charge >= 0.3 is 0 Å². The third-order valence-electron chi connectivity index (χ3n) is 6.62. The van der Waals surface area contributed by atoms with Crippen molar-refractivity contribution < 1.29 is 9.47 Å². The molecule has 0 aliphatic heterocycles. The monoisotopic (exact) mass is 340 g/mol. The minimum Gasteiger partial charge on any atom is -0.468 e. The third-order valence-corrected chi connectivity index (χ3v) is 6.62. The first-order valence-corrected chi connectivity index (χ1v) is 10.1. The van der Waals surface area contributed by atoms with Gasteiger partial charge in [0.2, 0.25) is 0 Å². The number of rotatable bonds is 6. The van der Waals surface area contributed by atoms with E-state index in [9.17, 15) is 0 Å². The van der Waals surface area contributed by atoms with Crippen LogP contribution in [0, 0.1) is 23.7 Å². The summed E-state index contributed by atoms with van der Waals surface area (Å²) >= 11 is 0. The first-order valence-electron chi connectivity index (χ1n) is 10.1. The minimum absolute atomic E-state index is 0.399. The van der Waals surface area contributed by atoms with Gasteiger partial charge < -0.3 is 9.47 Å². The maximum Gasteiger partial charge on any atom is 0.189 e. The molecule has 4 fully saturated rings. The van der Waals surface area contributed by atoms with E-state index in [1.165, 1.54) is 43.2 Å². The summed E-state index contributed by atoms with van der Waals surface area (Å²) in [5.41, 5.74) is 2.69. The van der Waals surface area contributed by atoms with Gasteiger partial charge in [-0.25, -0.2) is 0 Å². The molecule has 0 saturated heterocycles. The largest absolute Gasteiger partial charge is 0.468 e. The Hall–Kier alpha value is -1.28. The summed E-state index contributed by atoms with van der Waals surface area (Å²) in [7, 11) is 0. The molecule has 0 heterocycles. The molecule has 25 heavy (non-hydrogen) atoms. The van der Waals surface area contributed by atoms with Crippen molar-refractivity contribution in [2.75, 3.05) is 6.79 Å². The number of hydrogen-bond donors (Lipinski definition) is 0. The van der Waals surface area contributed by atoms with E-state index in [4.69, 9.17) is 9.47 Å². The Labute approximate surface area is 152 Å². The first-order chi connectivity index (χ1) is 12.1. The summed E-state index contributed by atoms with van der Waals surface area (Å²) in [6.45, 7) is 6.93. The molecule has 136 valence electrons. The molecule has 1 aromatic carbocycles. The fourth-order valence-electron chi connectivity index (χ4n) is 5.79. The Morgan fingerprint density at radius 1 is 1.00 bits per heavy atom. The van der Waals surface area contributed by atoms with Crippen LogP contribution in [0.25, 0.3) is 0 Å². The smallest absolute Gasteiger partial charge is 0.189 e. The second-order valence-corrected chi connectivity index (χ2v) is 8.93. The average Bonchev–Trinajstić information content (AvgIpc) is 2.56. The molecule has 0 amide bonds. The molecule has 5 rings (SSSR count). The van der Waals surface area contributed by atoms with Gasteiger partial charge in [-0.2, -0.15) is 0 Å². The highest BCUT2D eigenvalue weighted by Crippen LogP contribution is 2.54. The van der Waals surface area contributed by atoms with Crippen molar-refractivity contribution in [3.8, 4) is 5.75 Å². The molecule has 0 radical (unpaired) electrons. The molecule has 4 aliphatic carbocycles. The minimum atomic E-state index is 0.399. The van der Waals surface area contributed by atoms with Gasteiger partial charge in [-0.05, 0) is 93.2 Å².